The van der Waals surface area contributed by atoms with E-state index >= 15 is 0 Å². The van der Waals surface area contributed by atoms with Crippen LogP contribution in [0.4, 0.5) is 5.82 Å². The molecule has 1 fully saturated rings. The number of amides is 1. The first kappa shape index (κ1) is 18.2. The second kappa shape index (κ2) is 7.63. The van der Waals surface area contributed by atoms with Crippen LogP contribution < -0.4 is 10.2 Å². The van der Waals surface area contributed by atoms with E-state index in [1.807, 2.05) is 39.0 Å². The lowest BCUT2D eigenvalue weighted by atomic mass is 9.89. The summed E-state index contributed by atoms with van der Waals surface area (Å²) in [5.41, 5.74) is -0.832. The van der Waals surface area contributed by atoms with Crippen LogP contribution in [0.3, 0.4) is 0 Å². The van der Waals surface area contributed by atoms with E-state index in [2.05, 4.69) is 26.2 Å². The van der Waals surface area contributed by atoms with Gasteiger partial charge in [-0.25, -0.2) is 4.98 Å². The summed E-state index contributed by atoms with van der Waals surface area (Å²) in [5, 5.41) is 12.3. The fourth-order valence-electron chi connectivity index (χ4n) is 2.71. The number of aromatic nitrogens is 1. The highest BCUT2D eigenvalue weighted by molar-refractivity contribution is 5.82. The van der Waals surface area contributed by atoms with E-state index in [0.29, 0.717) is 0 Å². The van der Waals surface area contributed by atoms with Gasteiger partial charge in [0.05, 0.1) is 12.1 Å². The molecule has 1 saturated heterocycles. The lowest BCUT2D eigenvalue weighted by molar-refractivity contribution is -0.127. The number of piperazine rings is 1. The van der Waals surface area contributed by atoms with Crippen molar-refractivity contribution in [1.82, 2.24) is 15.2 Å². The summed E-state index contributed by atoms with van der Waals surface area (Å²) in [6.07, 6.45) is 1.80. The van der Waals surface area contributed by atoms with Gasteiger partial charge in [0.1, 0.15) is 11.4 Å². The van der Waals surface area contributed by atoms with Crippen LogP contribution in [0.2, 0.25) is 0 Å². The van der Waals surface area contributed by atoms with Crippen LogP contribution in [0.15, 0.2) is 24.4 Å². The summed E-state index contributed by atoms with van der Waals surface area (Å²) in [7, 11) is 0. The van der Waals surface area contributed by atoms with Crippen LogP contribution in [0.25, 0.3) is 0 Å². The molecule has 1 aliphatic rings. The largest absolute Gasteiger partial charge is 0.354 e. The molecule has 0 aromatic carbocycles. The van der Waals surface area contributed by atoms with Crippen LogP contribution in [-0.2, 0) is 4.79 Å². The number of nitrogens with zero attached hydrogens (tertiary/aromatic N) is 4. The Kier molecular flexibility index (Phi) is 5.79. The lowest BCUT2D eigenvalue weighted by Gasteiger charge is -2.39. The van der Waals surface area contributed by atoms with Crippen LogP contribution >= 0.6 is 0 Å². The number of nitriles is 1. The first-order valence-corrected chi connectivity index (χ1v) is 8.50. The predicted molar refractivity (Wildman–Crippen MR) is 94.5 cm³/mol. The monoisotopic (exact) mass is 329 g/mol. The molecule has 1 aliphatic heterocycles. The Bertz CT molecular complexity index is 589. The number of carbonyl (C=O) groups excluding carboxylic acids is 1. The molecule has 0 radical (unpaired) electrons. The van der Waals surface area contributed by atoms with Gasteiger partial charge in [-0.1, -0.05) is 19.9 Å². The molecule has 1 N–H and O–H groups in total. The van der Waals surface area contributed by atoms with E-state index in [9.17, 15) is 10.1 Å². The fraction of sp³-hybridized carbons (Fsp3) is 0.611. The number of hydrogen-bond donors (Lipinski definition) is 1. The Morgan fingerprint density at radius 3 is 2.46 bits per heavy atom. The molecular formula is C18H27N5O. The molecule has 0 aliphatic carbocycles. The Labute approximate surface area is 144 Å². The third-order valence-corrected chi connectivity index (χ3v) is 4.98. The maximum atomic E-state index is 12.5. The van der Waals surface area contributed by atoms with Gasteiger partial charge in [0.25, 0.3) is 0 Å². The van der Waals surface area contributed by atoms with Crippen LogP contribution in [0, 0.1) is 17.2 Å². The van der Waals surface area contributed by atoms with E-state index < -0.39 is 5.54 Å². The number of rotatable bonds is 5. The second-order valence-electron chi connectivity index (χ2n) is 6.85. The maximum Gasteiger partial charge on any atom is 0.238 e. The smallest absolute Gasteiger partial charge is 0.238 e. The SMILES string of the molecule is CC(C)[C@@](C)(C#N)NC(=O)[C@H](C)N1CCN(c2ccccn2)CC1. The normalized spacial score (nSPS) is 19.4. The molecule has 1 aromatic heterocycles. The van der Waals surface area contributed by atoms with Gasteiger partial charge in [0, 0.05) is 32.4 Å². The fourth-order valence-corrected chi connectivity index (χ4v) is 2.71. The molecule has 6 nitrogen and oxygen atoms in total. The van der Waals surface area contributed by atoms with Crippen molar-refractivity contribution < 1.29 is 4.79 Å². The summed E-state index contributed by atoms with van der Waals surface area (Å²) < 4.78 is 0. The highest BCUT2D eigenvalue weighted by Gasteiger charge is 2.34. The Morgan fingerprint density at radius 1 is 1.29 bits per heavy atom. The zero-order valence-corrected chi connectivity index (χ0v) is 15.0. The number of anilines is 1. The van der Waals surface area contributed by atoms with Gasteiger partial charge in [-0.2, -0.15) is 5.26 Å². The van der Waals surface area contributed by atoms with E-state index in [1.54, 1.807) is 13.1 Å². The molecule has 1 aromatic rings. The molecule has 1 amide bonds. The topological polar surface area (TPSA) is 72.3 Å². The van der Waals surface area contributed by atoms with Crippen molar-refractivity contribution in [2.45, 2.75) is 39.3 Å². The molecule has 6 heteroatoms. The average molecular weight is 329 g/mol. The minimum Gasteiger partial charge on any atom is -0.354 e. The summed E-state index contributed by atoms with van der Waals surface area (Å²) in [4.78, 5) is 21.3. The minimum absolute atomic E-state index is 0.0552. The number of pyridine rings is 1. The summed E-state index contributed by atoms with van der Waals surface area (Å²) in [6.45, 7) is 10.9. The summed E-state index contributed by atoms with van der Waals surface area (Å²) >= 11 is 0. The van der Waals surface area contributed by atoms with Crippen molar-refractivity contribution in [2.75, 3.05) is 31.1 Å². The van der Waals surface area contributed by atoms with Gasteiger partial charge in [-0.3, -0.25) is 9.69 Å². The van der Waals surface area contributed by atoms with Crippen LogP contribution in [0.5, 0.6) is 0 Å². The Hall–Kier alpha value is -2.13. The molecule has 2 heterocycles. The molecule has 0 unspecified atom stereocenters. The van der Waals surface area contributed by atoms with Gasteiger partial charge in [-0.05, 0) is 31.9 Å². The Balaban J connectivity index is 1.92. The van der Waals surface area contributed by atoms with E-state index in [-0.39, 0.29) is 17.9 Å². The van der Waals surface area contributed by atoms with Crippen LogP contribution in [0.1, 0.15) is 27.7 Å². The molecule has 0 saturated carbocycles. The number of hydrogen-bond acceptors (Lipinski definition) is 5. The minimum atomic E-state index is -0.832. The molecule has 2 atom stereocenters. The van der Waals surface area contributed by atoms with Gasteiger partial charge < -0.3 is 10.2 Å². The first-order valence-electron chi connectivity index (χ1n) is 8.50. The standard InChI is InChI=1S/C18H27N5O/c1-14(2)18(4,13-19)21-17(24)15(3)22-9-11-23(12-10-22)16-7-5-6-8-20-16/h5-8,14-15H,9-12H2,1-4H3,(H,21,24)/t15-,18+/m0/s1. The van der Waals surface area contributed by atoms with Crippen molar-refractivity contribution in [3.63, 3.8) is 0 Å². The van der Waals surface area contributed by atoms with Gasteiger partial charge in [0.2, 0.25) is 5.91 Å². The van der Waals surface area contributed by atoms with Gasteiger partial charge in [-0.15, -0.1) is 0 Å². The van der Waals surface area contributed by atoms with Gasteiger partial charge >= 0.3 is 0 Å². The molecule has 0 bridgehead atoms. The summed E-state index contributed by atoms with van der Waals surface area (Å²) in [6, 6.07) is 7.88. The molecule has 0 spiro atoms. The van der Waals surface area contributed by atoms with Gasteiger partial charge in [0.15, 0.2) is 0 Å². The number of nitrogens with one attached hydrogen (secondary N) is 1. The predicted octanol–water partition coefficient (Wildman–Crippen LogP) is 1.65. The van der Waals surface area contributed by atoms with Crippen molar-refractivity contribution in [3.05, 3.63) is 24.4 Å². The lowest BCUT2D eigenvalue weighted by Crippen LogP contribution is -2.58. The summed E-state index contributed by atoms with van der Waals surface area (Å²) in [5.74, 6) is 0.949. The van der Waals surface area contributed by atoms with E-state index in [4.69, 9.17) is 0 Å². The molecular weight excluding hydrogens is 302 g/mol. The third-order valence-electron chi connectivity index (χ3n) is 4.98. The van der Waals surface area contributed by atoms with Crippen molar-refractivity contribution in [1.29, 1.82) is 5.26 Å². The highest BCUT2D eigenvalue weighted by atomic mass is 16.2. The zero-order chi connectivity index (χ0) is 17.7. The van der Waals surface area contributed by atoms with E-state index in [0.717, 1.165) is 32.0 Å². The van der Waals surface area contributed by atoms with Crippen molar-refractivity contribution in [3.8, 4) is 6.07 Å². The highest BCUT2D eigenvalue weighted by Crippen LogP contribution is 2.17. The second-order valence-corrected chi connectivity index (χ2v) is 6.85. The average Bonchev–Trinajstić information content (AvgIpc) is 2.61. The maximum absolute atomic E-state index is 12.5. The molecule has 2 rings (SSSR count). The number of carbonyl (C=O) groups is 1. The molecule has 130 valence electrons. The third kappa shape index (κ3) is 4.04. The Morgan fingerprint density at radius 2 is 1.96 bits per heavy atom. The molecule has 24 heavy (non-hydrogen) atoms. The van der Waals surface area contributed by atoms with Crippen molar-refractivity contribution >= 4 is 11.7 Å². The first-order chi connectivity index (χ1) is 11.4. The van der Waals surface area contributed by atoms with E-state index in [1.165, 1.54) is 0 Å². The van der Waals surface area contributed by atoms with Crippen molar-refractivity contribution in [2.24, 2.45) is 5.92 Å². The zero-order valence-electron chi connectivity index (χ0n) is 15.0. The van der Waals surface area contributed by atoms with Crippen LogP contribution in [-0.4, -0.2) is 53.6 Å². The quantitative estimate of drug-likeness (QED) is 0.889.